The van der Waals surface area contributed by atoms with Crippen molar-refractivity contribution in [3.05, 3.63) is 24.3 Å². The number of urea groups is 2. The van der Waals surface area contributed by atoms with Gasteiger partial charge < -0.3 is 21.3 Å². The predicted octanol–water partition coefficient (Wildman–Crippen LogP) is 5.58. The average molecular weight is 415 g/mol. The number of benzene rings is 1. The van der Waals surface area contributed by atoms with Crippen LogP contribution in [0.4, 0.5) is 21.0 Å². The second-order valence-electron chi connectivity index (χ2n) is 9.78. The lowest BCUT2D eigenvalue weighted by Crippen LogP contribution is -2.45. The molecule has 0 heterocycles. The summed E-state index contributed by atoms with van der Waals surface area (Å²) in [6.45, 7) is 8.89. The van der Waals surface area contributed by atoms with Crippen molar-refractivity contribution >= 4 is 23.4 Å². The van der Waals surface area contributed by atoms with Gasteiger partial charge in [0.1, 0.15) is 0 Å². The van der Waals surface area contributed by atoms with Crippen LogP contribution in [-0.4, -0.2) is 24.1 Å². The quantitative estimate of drug-likeness (QED) is 0.519. The molecule has 2 fully saturated rings. The van der Waals surface area contributed by atoms with Crippen LogP contribution in [0.1, 0.15) is 66.2 Å². The monoisotopic (exact) mass is 414 g/mol. The van der Waals surface area contributed by atoms with Gasteiger partial charge >= 0.3 is 12.1 Å². The molecule has 3 rings (SSSR count). The van der Waals surface area contributed by atoms with Gasteiger partial charge in [-0.2, -0.15) is 0 Å². The van der Waals surface area contributed by atoms with Crippen LogP contribution >= 0.6 is 0 Å². The molecule has 4 amide bonds. The number of hydrogen-bond acceptors (Lipinski definition) is 2. The van der Waals surface area contributed by atoms with Gasteiger partial charge in [0.2, 0.25) is 0 Å². The third-order valence-electron chi connectivity index (χ3n) is 6.93. The largest absolute Gasteiger partial charge is 0.335 e. The highest BCUT2D eigenvalue weighted by Crippen LogP contribution is 2.29. The fraction of sp³-hybridized carbons (Fsp3) is 0.667. The Morgan fingerprint density at radius 3 is 1.60 bits per heavy atom. The van der Waals surface area contributed by atoms with Crippen LogP contribution in [0.25, 0.3) is 0 Å². The molecule has 30 heavy (non-hydrogen) atoms. The van der Waals surface area contributed by atoms with E-state index in [1.54, 1.807) is 6.07 Å². The minimum absolute atomic E-state index is 0.187. The molecule has 1 aromatic carbocycles. The number of anilines is 2. The third kappa shape index (κ3) is 6.38. The first kappa shape index (κ1) is 22.4. The molecule has 6 heteroatoms. The second-order valence-corrected chi connectivity index (χ2v) is 9.78. The van der Waals surface area contributed by atoms with E-state index in [0.717, 1.165) is 25.7 Å². The Kier molecular flexibility index (Phi) is 7.62. The molecule has 2 aliphatic rings. The first-order valence-corrected chi connectivity index (χ1v) is 11.5. The van der Waals surface area contributed by atoms with Gasteiger partial charge in [-0.3, -0.25) is 0 Å². The van der Waals surface area contributed by atoms with Gasteiger partial charge in [0.05, 0.1) is 0 Å². The highest BCUT2D eigenvalue weighted by molar-refractivity contribution is 5.93. The van der Waals surface area contributed by atoms with Crippen LogP contribution in [-0.2, 0) is 0 Å². The number of rotatable bonds is 4. The van der Waals surface area contributed by atoms with Crippen LogP contribution in [0, 0.1) is 23.7 Å². The van der Waals surface area contributed by atoms with E-state index in [1.807, 2.05) is 18.2 Å². The molecule has 4 N–H and O–H groups in total. The van der Waals surface area contributed by atoms with E-state index in [0.29, 0.717) is 35.0 Å². The van der Waals surface area contributed by atoms with Crippen LogP contribution in [0.3, 0.4) is 0 Å². The third-order valence-corrected chi connectivity index (χ3v) is 6.93. The Labute approximate surface area is 181 Å². The van der Waals surface area contributed by atoms with Gasteiger partial charge in [-0.05, 0) is 67.6 Å². The van der Waals surface area contributed by atoms with Crippen LogP contribution in [0.15, 0.2) is 24.3 Å². The summed E-state index contributed by atoms with van der Waals surface area (Å²) >= 11 is 0. The van der Waals surface area contributed by atoms with Gasteiger partial charge in [0, 0.05) is 23.5 Å². The average Bonchev–Trinajstić information content (AvgIpc) is 2.68. The molecule has 0 radical (unpaired) electrons. The molecule has 2 saturated carbocycles. The fourth-order valence-electron chi connectivity index (χ4n) is 4.81. The van der Waals surface area contributed by atoms with Crippen molar-refractivity contribution in [3.8, 4) is 0 Å². The Balaban J connectivity index is 1.51. The standard InChI is InChI=1S/C24H38N4O2/c1-15-8-10-17(3)21(12-15)27-23(29)25-19-6-5-7-20(14-19)26-24(30)28-22-13-16(2)9-11-18(22)4/h5-7,14-18,21-22H,8-13H2,1-4H3,(H2,25,27,29)(H2,26,28,30)/t15-,16+,17-,18+,21+,22-. The maximum atomic E-state index is 12.5. The van der Waals surface area contributed by atoms with Gasteiger partial charge in [0.15, 0.2) is 0 Å². The molecular formula is C24H38N4O2. The van der Waals surface area contributed by atoms with E-state index in [4.69, 9.17) is 0 Å². The molecular weight excluding hydrogens is 376 g/mol. The van der Waals surface area contributed by atoms with E-state index in [9.17, 15) is 9.59 Å². The molecule has 1 aromatic rings. The second kappa shape index (κ2) is 10.2. The Hall–Kier alpha value is -2.24. The van der Waals surface area contributed by atoms with Gasteiger partial charge in [-0.25, -0.2) is 9.59 Å². The lowest BCUT2D eigenvalue weighted by atomic mass is 9.80. The maximum absolute atomic E-state index is 12.5. The number of carbonyl (C=O) groups is 2. The van der Waals surface area contributed by atoms with E-state index in [2.05, 4.69) is 49.0 Å². The first-order chi connectivity index (χ1) is 14.3. The lowest BCUT2D eigenvalue weighted by Gasteiger charge is -2.33. The molecule has 0 saturated heterocycles. The number of hydrogen-bond donors (Lipinski definition) is 4. The summed E-state index contributed by atoms with van der Waals surface area (Å²) in [5, 5.41) is 12.1. The lowest BCUT2D eigenvalue weighted by molar-refractivity contribution is 0.214. The van der Waals surface area contributed by atoms with Crippen LogP contribution in [0.2, 0.25) is 0 Å². The highest BCUT2D eigenvalue weighted by Gasteiger charge is 2.27. The van der Waals surface area contributed by atoms with Crippen molar-refractivity contribution in [2.24, 2.45) is 23.7 Å². The Bertz CT molecular complexity index is 680. The summed E-state index contributed by atoms with van der Waals surface area (Å²) in [6, 6.07) is 7.34. The number of amides is 4. The zero-order chi connectivity index (χ0) is 21.7. The molecule has 0 unspecified atom stereocenters. The summed E-state index contributed by atoms with van der Waals surface area (Å²) in [5.74, 6) is 2.28. The predicted molar refractivity (Wildman–Crippen MR) is 123 cm³/mol. The summed E-state index contributed by atoms with van der Waals surface area (Å²) in [7, 11) is 0. The Morgan fingerprint density at radius 2 is 1.17 bits per heavy atom. The summed E-state index contributed by atoms with van der Waals surface area (Å²) in [6.07, 6.45) is 6.81. The van der Waals surface area contributed by atoms with Gasteiger partial charge in [-0.15, -0.1) is 0 Å². The van der Waals surface area contributed by atoms with Crippen molar-refractivity contribution in [3.63, 3.8) is 0 Å². The SMILES string of the molecule is C[C@@H]1CC[C@@H](C)[C@@H](NC(=O)Nc2cccc(NC(=O)N[C@@H]3C[C@@H](C)CC[C@@H]3C)c2)C1. The van der Waals surface area contributed by atoms with Crippen molar-refractivity contribution in [2.45, 2.75) is 78.3 Å². The van der Waals surface area contributed by atoms with Gasteiger partial charge in [0.25, 0.3) is 0 Å². The maximum Gasteiger partial charge on any atom is 0.319 e. The normalized spacial score (nSPS) is 31.5. The van der Waals surface area contributed by atoms with Gasteiger partial charge in [-0.1, -0.05) is 46.6 Å². The van der Waals surface area contributed by atoms with Crippen molar-refractivity contribution in [2.75, 3.05) is 10.6 Å². The highest BCUT2D eigenvalue weighted by atomic mass is 16.2. The van der Waals surface area contributed by atoms with Crippen molar-refractivity contribution in [1.29, 1.82) is 0 Å². The number of nitrogens with one attached hydrogen (secondary N) is 4. The Morgan fingerprint density at radius 1 is 0.733 bits per heavy atom. The minimum Gasteiger partial charge on any atom is -0.335 e. The van der Waals surface area contributed by atoms with E-state index in [-0.39, 0.29) is 24.1 Å². The summed E-state index contributed by atoms with van der Waals surface area (Å²) in [4.78, 5) is 24.9. The minimum atomic E-state index is -0.187. The molecule has 0 bridgehead atoms. The fourth-order valence-corrected chi connectivity index (χ4v) is 4.81. The first-order valence-electron chi connectivity index (χ1n) is 11.5. The van der Waals surface area contributed by atoms with E-state index < -0.39 is 0 Å². The molecule has 2 aliphatic carbocycles. The summed E-state index contributed by atoms with van der Waals surface area (Å²) < 4.78 is 0. The van der Waals surface area contributed by atoms with E-state index in [1.165, 1.54) is 12.8 Å². The van der Waals surface area contributed by atoms with E-state index >= 15 is 0 Å². The van der Waals surface area contributed by atoms with Crippen molar-refractivity contribution < 1.29 is 9.59 Å². The smallest absolute Gasteiger partial charge is 0.319 e. The molecule has 6 nitrogen and oxygen atoms in total. The topological polar surface area (TPSA) is 82.3 Å². The molecule has 0 aliphatic heterocycles. The van der Waals surface area contributed by atoms with Crippen LogP contribution < -0.4 is 21.3 Å². The zero-order valence-corrected chi connectivity index (χ0v) is 18.8. The molecule has 6 atom stereocenters. The zero-order valence-electron chi connectivity index (χ0n) is 18.8. The van der Waals surface area contributed by atoms with Crippen molar-refractivity contribution in [1.82, 2.24) is 10.6 Å². The molecule has 0 spiro atoms. The summed E-state index contributed by atoms with van der Waals surface area (Å²) in [5.41, 5.74) is 1.34. The number of carbonyl (C=O) groups excluding carboxylic acids is 2. The molecule has 0 aromatic heterocycles. The van der Waals surface area contributed by atoms with Crippen LogP contribution in [0.5, 0.6) is 0 Å². The molecule has 166 valence electrons.